The summed E-state index contributed by atoms with van der Waals surface area (Å²) in [7, 11) is 0. The van der Waals surface area contributed by atoms with Crippen molar-refractivity contribution in [1.29, 1.82) is 0 Å². The average Bonchev–Trinajstić information content (AvgIpc) is 2.66. The molecule has 0 unspecified atom stereocenters. The fourth-order valence-corrected chi connectivity index (χ4v) is 2.37. The van der Waals surface area contributed by atoms with Crippen LogP contribution in [0.15, 0.2) is 60.8 Å². The zero-order valence-electron chi connectivity index (χ0n) is 15.0. The first-order valence-corrected chi connectivity index (χ1v) is 8.36. The van der Waals surface area contributed by atoms with E-state index in [1.807, 2.05) is 0 Å². The van der Waals surface area contributed by atoms with Gasteiger partial charge in [0.2, 0.25) is 5.88 Å². The summed E-state index contributed by atoms with van der Waals surface area (Å²) < 4.78 is 57.6. The second kappa shape index (κ2) is 8.17. The molecule has 0 fully saturated rings. The number of aryl methyl sites for hydroxylation is 1. The summed E-state index contributed by atoms with van der Waals surface area (Å²) in [6.07, 6.45) is -3.16. The molecule has 5 nitrogen and oxygen atoms in total. The van der Waals surface area contributed by atoms with E-state index >= 15 is 0 Å². The number of carbonyl (C=O) groups excluding carboxylic acids is 1. The lowest BCUT2D eigenvalue weighted by molar-refractivity contribution is -0.137. The van der Waals surface area contributed by atoms with Gasteiger partial charge in [-0.25, -0.2) is 14.2 Å². The highest BCUT2D eigenvalue weighted by molar-refractivity contribution is 6.00. The van der Waals surface area contributed by atoms with Gasteiger partial charge in [-0.15, -0.1) is 0 Å². The highest BCUT2D eigenvalue weighted by atomic mass is 19.4. The van der Waals surface area contributed by atoms with Crippen molar-refractivity contribution < 1.29 is 27.1 Å². The summed E-state index contributed by atoms with van der Waals surface area (Å²) in [5.41, 5.74) is -0.0931. The number of alkyl halides is 3. The number of hydrogen-bond donors (Lipinski definition) is 2. The first-order valence-electron chi connectivity index (χ1n) is 8.36. The quantitative estimate of drug-likeness (QED) is 0.525. The SMILES string of the molecule is Cc1ccc(NC(=O)Nc2cccnc2Oc2cccc(C(F)(F)F)c2)cc1F. The van der Waals surface area contributed by atoms with E-state index < -0.39 is 23.6 Å². The summed E-state index contributed by atoms with van der Waals surface area (Å²) in [5, 5.41) is 4.93. The Balaban J connectivity index is 1.75. The third-order valence-electron chi connectivity index (χ3n) is 3.82. The first kappa shape index (κ1) is 20.1. The molecule has 0 radical (unpaired) electrons. The van der Waals surface area contributed by atoms with Gasteiger partial charge in [-0.2, -0.15) is 13.2 Å². The maximum absolute atomic E-state index is 13.6. The van der Waals surface area contributed by atoms with Crippen molar-refractivity contribution in [2.24, 2.45) is 0 Å². The van der Waals surface area contributed by atoms with Crippen LogP contribution in [0.4, 0.5) is 33.7 Å². The van der Waals surface area contributed by atoms with E-state index in [2.05, 4.69) is 15.6 Å². The fourth-order valence-electron chi connectivity index (χ4n) is 2.37. The molecule has 0 bridgehead atoms. The van der Waals surface area contributed by atoms with Gasteiger partial charge >= 0.3 is 12.2 Å². The van der Waals surface area contributed by atoms with Crippen molar-refractivity contribution in [1.82, 2.24) is 4.98 Å². The molecule has 0 aliphatic heterocycles. The Labute approximate surface area is 163 Å². The van der Waals surface area contributed by atoms with Crippen LogP contribution in [0.1, 0.15) is 11.1 Å². The van der Waals surface area contributed by atoms with E-state index in [0.717, 1.165) is 18.2 Å². The smallest absolute Gasteiger partial charge is 0.416 e. The number of pyridine rings is 1. The number of hydrogen-bond acceptors (Lipinski definition) is 3. The lowest BCUT2D eigenvalue weighted by atomic mass is 10.2. The van der Waals surface area contributed by atoms with Crippen molar-refractivity contribution in [2.45, 2.75) is 13.1 Å². The molecule has 1 aromatic heterocycles. The Morgan fingerprint density at radius 2 is 1.83 bits per heavy atom. The van der Waals surface area contributed by atoms with Gasteiger partial charge in [-0.1, -0.05) is 12.1 Å². The summed E-state index contributed by atoms with van der Waals surface area (Å²) in [6, 6.07) is 10.8. The van der Waals surface area contributed by atoms with Crippen LogP contribution in [0.3, 0.4) is 0 Å². The average molecular weight is 405 g/mol. The van der Waals surface area contributed by atoms with Gasteiger partial charge in [-0.3, -0.25) is 0 Å². The number of benzene rings is 2. The molecule has 3 aromatic rings. The Kier molecular flexibility index (Phi) is 5.67. The predicted molar refractivity (Wildman–Crippen MR) is 99.5 cm³/mol. The summed E-state index contributed by atoms with van der Waals surface area (Å²) in [4.78, 5) is 16.1. The van der Waals surface area contributed by atoms with Crippen LogP contribution in [0, 0.1) is 12.7 Å². The monoisotopic (exact) mass is 405 g/mol. The molecule has 0 aliphatic rings. The predicted octanol–water partition coefficient (Wildman–Crippen LogP) is 5.98. The van der Waals surface area contributed by atoms with Gasteiger partial charge in [0.25, 0.3) is 0 Å². The lowest BCUT2D eigenvalue weighted by Gasteiger charge is -2.13. The minimum atomic E-state index is -4.52. The molecule has 0 saturated carbocycles. The van der Waals surface area contributed by atoms with E-state index in [9.17, 15) is 22.4 Å². The molecule has 9 heteroatoms. The molecule has 0 atom stereocenters. The molecule has 3 rings (SSSR count). The molecular formula is C20H15F4N3O2. The van der Waals surface area contributed by atoms with Crippen LogP contribution in [0.5, 0.6) is 11.6 Å². The second-order valence-electron chi connectivity index (χ2n) is 6.03. The number of rotatable bonds is 4. The van der Waals surface area contributed by atoms with Gasteiger partial charge in [0, 0.05) is 11.9 Å². The van der Waals surface area contributed by atoms with Crippen LogP contribution in [0.2, 0.25) is 0 Å². The molecule has 1 heterocycles. The molecule has 2 N–H and O–H groups in total. The van der Waals surface area contributed by atoms with Gasteiger partial charge in [-0.05, 0) is 55.0 Å². The van der Waals surface area contributed by atoms with E-state index in [-0.39, 0.29) is 23.0 Å². The molecular weight excluding hydrogens is 390 g/mol. The van der Waals surface area contributed by atoms with E-state index in [1.165, 1.54) is 42.6 Å². The summed E-state index contributed by atoms with van der Waals surface area (Å²) >= 11 is 0. The number of halogens is 4. The van der Waals surface area contributed by atoms with Crippen molar-refractivity contribution in [2.75, 3.05) is 10.6 Å². The van der Waals surface area contributed by atoms with Crippen molar-refractivity contribution in [3.63, 3.8) is 0 Å². The Hall–Kier alpha value is -3.62. The highest BCUT2D eigenvalue weighted by Gasteiger charge is 2.30. The Bertz CT molecular complexity index is 1040. The number of anilines is 2. The lowest BCUT2D eigenvalue weighted by Crippen LogP contribution is -2.20. The molecule has 2 amide bonds. The highest BCUT2D eigenvalue weighted by Crippen LogP contribution is 2.33. The third-order valence-corrected chi connectivity index (χ3v) is 3.82. The molecule has 0 spiro atoms. The van der Waals surface area contributed by atoms with E-state index in [0.29, 0.717) is 5.56 Å². The largest absolute Gasteiger partial charge is 0.437 e. The van der Waals surface area contributed by atoms with E-state index in [1.54, 1.807) is 6.92 Å². The molecule has 29 heavy (non-hydrogen) atoms. The first-order chi connectivity index (χ1) is 13.7. The zero-order chi connectivity index (χ0) is 21.0. The molecule has 0 aliphatic carbocycles. The van der Waals surface area contributed by atoms with Gasteiger partial charge < -0.3 is 15.4 Å². The minimum Gasteiger partial charge on any atom is -0.437 e. The number of nitrogens with one attached hydrogen (secondary N) is 2. The van der Waals surface area contributed by atoms with Crippen LogP contribution in [0.25, 0.3) is 0 Å². The maximum Gasteiger partial charge on any atom is 0.416 e. The van der Waals surface area contributed by atoms with Crippen LogP contribution in [-0.4, -0.2) is 11.0 Å². The topological polar surface area (TPSA) is 63.2 Å². The van der Waals surface area contributed by atoms with E-state index in [4.69, 9.17) is 4.74 Å². The maximum atomic E-state index is 13.6. The standard InChI is InChI=1S/C20H15F4N3O2/c1-12-7-8-14(11-16(12)21)26-19(28)27-17-6-3-9-25-18(17)29-15-5-2-4-13(10-15)20(22,23)24/h2-11H,1H3,(H2,26,27,28). The Morgan fingerprint density at radius 3 is 2.55 bits per heavy atom. The zero-order valence-corrected chi connectivity index (χ0v) is 15.0. The molecule has 2 aromatic carbocycles. The van der Waals surface area contributed by atoms with Crippen LogP contribution < -0.4 is 15.4 Å². The Morgan fingerprint density at radius 1 is 1.03 bits per heavy atom. The molecule has 0 saturated heterocycles. The number of ether oxygens (including phenoxy) is 1. The van der Waals surface area contributed by atoms with Crippen molar-refractivity contribution >= 4 is 17.4 Å². The number of amides is 2. The van der Waals surface area contributed by atoms with Crippen molar-refractivity contribution in [3.8, 4) is 11.6 Å². The number of nitrogens with zero attached hydrogens (tertiary/aromatic N) is 1. The second-order valence-corrected chi connectivity index (χ2v) is 6.03. The van der Waals surface area contributed by atoms with Crippen molar-refractivity contribution in [3.05, 3.63) is 77.7 Å². The van der Waals surface area contributed by atoms with Gasteiger partial charge in [0.15, 0.2) is 0 Å². The third kappa shape index (κ3) is 5.22. The summed E-state index contributed by atoms with van der Waals surface area (Å²) in [6.45, 7) is 1.59. The summed E-state index contributed by atoms with van der Waals surface area (Å²) in [5.74, 6) is -0.669. The fraction of sp³-hybridized carbons (Fsp3) is 0.100. The molecule has 150 valence electrons. The normalized spacial score (nSPS) is 11.1. The van der Waals surface area contributed by atoms with Crippen LogP contribution in [-0.2, 0) is 6.18 Å². The van der Waals surface area contributed by atoms with Gasteiger partial charge in [0.05, 0.1) is 5.56 Å². The van der Waals surface area contributed by atoms with Crippen LogP contribution >= 0.6 is 0 Å². The number of urea groups is 1. The number of aromatic nitrogens is 1. The number of carbonyl (C=O) groups is 1. The van der Waals surface area contributed by atoms with Gasteiger partial charge in [0.1, 0.15) is 17.3 Å². The minimum absolute atomic E-state index is 0.0948.